The summed E-state index contributed by atoms with van der Waals surface area (Å²) in [6.07, 6.45) is 1.92. The van der Waals surface area contributed by atoms with E-state index in [-0.39, 0.29) is 5.78 Å². The third kappa shape index (κ3) is 126. The van der Waals surface area contributed by atoms with Gasteiger partial charge in [0.15, 0.2) is 0 Å². The molecule has 0 saturated heterocycles. The Bertz CT molecular complexity index is 53.2. The fourth-order valence-corrected chi connectivity index (χ4v) is 0. The number of carbonyl (C=O) groups excluding carboxylic acids is 1. The highest BCUT2D eigenvalue weighted by Gasteiger charge is 1.76. The average Bonchev–Trinajstić information content (AvgIpc) is 1.94. The van der Waals surface area contributed by atoms with Crippen molar-refractivity contribution < 1.29 is 4.79 Å². The van der Waals surface area contributed by atoms with Gasteiger partial charge in [-0.2, -0.15) is 0 Å². The SMILES string of the molecule is CCC.CCC(C)=O.CN. The van der Waals surface area contributed by atoms with Gasteiger partial charge >= 0.3 is 0 Å². The molecule has 0 atom stereocenters. The van der Waals surface area contributed by atoms with E-state index in [4.69, 9.17) is 0 Å². The van der Waals surface area contributed by atoms with E-state index in [1.807, 2.05) is 6.92 Å². The average molecular weight is 147 g/mol. The van der Waals surface area contributed by atoms with Crippen LogP contribution in [0.4, 0.5) is 0 Å². The summed E-state index contributed by atoms with van der Waals surface area (Å²) in [4.78, 5) is 9.81. The van der Waals surface area contributed by atoms with Crippen LogP contribution in [0.25, 0.3) is 0 Å². The van der Waals surface area contributed by atoms with Crippen molar-refractivity contribution in [2.45, 2.75) is 40.5 Å². The van der Waals surface area contributed by atoms with Crippen LogP contribution in [0.1, 0.15) is 40.5 Å². The molecule has 0 aliphatic rings. The van der Waals surface area contributed by atoms with E-state index in [0.717, 1.165) is 0 Å². The monoisotopic (exact) mass is 147 g/mol. The number of rotatable bonds is 1. The Morgan fingerprint density at radius 2 is 1.30 bits per heavy atom. The lowest BCUT2D eigenvalue weighted by Gasteiger charge is -1.71. The first kappa shape index (κ1) is 16.3. The molecule has 10 heavy (non-hydrogen) atoms. The Morgan fingerprint density at radius 1 is 1.20 bits per heavy atom. The second kappa shape index (κ2) is 23.4. The smallest absolute Gasteiger partial charge is 0.129 e. The largest absolute Gasteiger partial charge is 0.333 e. The van der Waals surface area contributed by atoms with E-state index in [9.17, 15) is 4.79 Å². The third-order valence-corrected chi connectivity index (χ3v) is 0.498. The maximum atomic E-state index is 9.81. The molecule has 0 aliphatic heterocycles. The van der Waals surface area contributed by atoms with Gasteiger partial charge in [0.25, 0.3) is 0 Å². The number of nitrogens with two attached hydrogens (primary N) is 1. The van der Waals surface area contributed by atoms with Crippen molar-refractivity contribution in [1.82, 2.24) is 0 Å². The topological polar surface area (TPSA) is 43.1 Å². The van der Waals surface area contributed by atoms with E-state index >= 15 is 0 Å². The van der Waals surface area contributed by atoms with Gasteiger partial charge in [0.1, 0.15) is 5.78 Å². The fraction of sp³-hybridized carbons (Fsp3) is 0.875. The van der Waals surface area contributed by atoms with Gasteiger partial charge in [-0.1, -0.05) is 27.2 Å². The van der Waals surface area contributed by atoms with Crippen molar-refractivity contribution in [3.63, 3.8) is 0 Å². The van der Waals surface area contributed by atoms with Crippen LogP contribution in [0.3, 0.4) is 0 Å². The zero-order valence-electron chi connectivity index (χ0n) is 7.90. The minimum absolute atomic E-state index is 0.255. The Labute approximate surface area is 64.8 Å². The molecule has 2 N–H and O–H groups in total. The molecule has 0 aromatic rings. The molecule has 0 aliphatic carbocycles. The second-order valence-corrected chi connectivity index (χ2v) is 1.76. The molecular weight excluding hydrogens is 126 g/mol. The van der Waals surface area contributed by atoms with Gasteiger partial charge < -0.3 is 10.5 Å². The third-order valence-electron chi connectivity index (χ3n) is 0.498. The summed E-state index contributed by atoms with van der Waals surface area (Å²) < 4.78 is 0. The van der Waals surface area contributed by atoms with Gasteiger partial charge in [0.05, 0.1) is 0 Å². The fourth-order valence-electron chi connectivity index (χ4n) is 0. The Morgan fingerprint density at radius 3 is 1.30 bits per heavy atom. The lowest BCUT2D eigenvalue weighted by atomic mass is 10.4. The Hall–Kier alpha value is -0.370. The molecule has 0 amide bonds. The van der Waals surface area contributed by atoms with Gasteiger partial charge in [-0.25, -0.2) is 0 Å². The van der Waals surface area contributed by atoms with Crippen LogP contribution >= 0.6 is 0 Å². The van der Waals surface area contributed by atoms with Crippen LogP contribution < -0.4 is 5.73 Å². The molecule has 2 nitrogen and oxygen atoms in total. The summed E-state index contributed by atoms with van der Waals surface area (Å²) in [7, 11) is 1.50. The lowest BCUT2D eigenvalue weighted by molar-refractivity contribution is -0.116. The van der Waals surface area contributed by atoms with Crippen molar-refractivity contribution in [2.24, 2.45) is 5.73 Å². The lowest BCUT2D eigenvalue weighted by Crippen LogP contribution is -1.80. The molecule has 0 radical (unpaired) electrons. The molecule has 0 unspecified atom stereocenters. The summed E-state index contributed by atoms with van der Waals surface area (Å²) in [5.41, 5.74) is 4.50. The predicted octanol–water partition coefficient (Wildman–Crippen LogP) is 1.98. The highest BCUT2D eigenvalue weighted by molar-refractivity contribution is 5.74. The molecule has 0 heterocycles. The van der Waals surface area contributed by atoms with Crippen molar-refractivity contribution in [3.05, 3.63) is 0 Å². The molecule has 0 aromatic heterocycles. The minimum Gasteiger partial charge on any atom is -0.333 e. The van der Waals surface area contributed by atoms with Crippen LogP contribution in [0, 0.1) is 0 Å². The molecule has 2 heteroatoms. The molecule has 0 aromatic carbocycles. The first-order valence-electron chi connectivity index (χ1n) is 3.76. The van der Waals surface area contributed by atoms with Crippen LogP contribution in [0.15, 0.2) is 0 Å². The normalized spacial score (nSPS) is 6.20. The summed E-state index contributed by atoms with van der Waals surface area (Å²) in [5.74, 6) is 0.255. The molecule has 0 saturated carbocycles. The van der Waals surface area contributed by atoms with Gasteiger partial charge in [0.2, 0.25) is 0 Å². The highest BCUT2D eigenvalue weighted by Crippen LogP contribution is 1.71. The number of hydrogen-bond acceptors (Lipinski definition) is 2. The molecule has 0 rings (SSSR count). The zero-order valence-corrected chi connectivity index (χ0v) is 7.90. The van der Waals surface area contributed by atoms with Crippen molar-refractivity contribution in [2.75, 3.05) is 7.05 Å². The van der Waals surface area contributed by atoms with Gasteiger partial charge in [0, 0.05) is 6.42 Å². The van der Waals surface area contributed by atoms with E-state index < -0.39 is 0 Å². The van der Waals surface area contributed by atoms with Crippen LogP contribution in [-0.2, 0) is 4.79 Å². The summed E-state index contributed by atoms with van der Waals surface area (Å²) >= 11 is 0. The van der Waals surface area contributed by atoms with Crippen LogP contribution in [0.5, 0.6) is 0 Å². The van der Waals surface area contributed by atoms with Crippen molar-refractivity contribution in [3.8, 4) is 0 Å². The minimum atomic E-state index is 0.255. The molecule has 64 valence electrons. The van der Waals surface area contributed by atoms with Crippen LogP contribution in [-0.4, -0.2) is 12.8 Å². The summed E-state index contributed by atoms with van der Waals surface area (Å²) in [6, 6.07) is 0. The number of ketones is 1. The molecule has 0 bridgehead atoms. The second-order valence-electron chi connectivity index (χ2n) is 1.76. The maximum absolute atomic E-state index is 9.81. The van der Waals surface area contributed by atoms with Gasteiger partial charge in [-0.05, 0) is 14.0 Å². The first-order valence-corrected chi connectivity index (χ1v) is 3.76. The first-order chi connectivity index (χ1) is 4.68. The van der Waals surface area contributed by atoms with Gasteiger partial charge in [-0.3, -0.25) is 0 Å². The van der Waals surface area contributed by atoms with E-state index in [2.05, 4.69) is 19.6 Å². The van der Waals surface area contributed by atoms with Crippen molar-refractivity contribution in [1.29, 1.82) is 0 Å². The quantitative estimate of drug-likeness (QED) is 0.616. The van der Waals surface area contributed by atoms with Crippen molar-refractivity contribution >= 4 is 5.78 Å². The molecular formula is C8H21NO. The van der Waals surface area contributed by atoms with Crippen LogP contribution in [0.2, 0.25) is 0 Å². The number of carbonyl (C=O) groups is 1. The Balaban J connectivity index is -0.0000000847. The standard InChI is InChI=1S/C4H8O.C3H8.CH5N/c1-3-4(2)5;1-3-2;1-2/h3H2,1-2H3;3H2,1-2H3;2H2,1H3. The molecule has 0 fully saturated rings. The summed E-state index contributed by atoms with van der Waals surface area (Å²) in [5, 5.41) is 0. The summed E-state index contributed by atoms with van der Waals surface area (Å²) in [6.45, 7) is 7.68. The van der Waals surface area contributed by atoms with Gasteiger partial charge in [-0.15, -0.1) is 0 Å². The predicted molar refractivity (Wildman–Crippen MR) is 47.0 cm³/mol. The number of hydrogen-bond donors (Lipinski definition) is 1. The molecule has 0 spiro atoms. The van der Waals surface area contributed by atoms with E-state index in [0.29, 0.717) is 6.42 Å². The Kier molecular flexibility index (Phi) is 38.2. The maximum Gasteiger partial charge on any atom is 0.129 e. The van der Waals surface area contributed by atoms with E-state index in [1.165, 1.54) is 13.5 Å². The highest BCUT2D eigenvalue weighted by atomic mass is 16.1. The van der Waals surface area contributed by atoms with E-state index in [1.54, 1.807) is 6.92 Å². The zero-order chi connectivity index (χ0) is 8.99. The number of Topliss-reactive ketones (excluding diaryl/α,β-unsaturated/α-hetero) is 1.